The first-order chi connectivity index (χ1) is 14.0. The van der Waals surface area contributed by atoms with Crippen molar-refractivity contribution in [1.29, 1.82) is 0 Å². The van der Waals surface area contributed by atoms with E-state index in [0.717, 1.165) is 51.4 Å². The highest BCUT2D eigenvalue weighted by Crippen LogP contribution is 2.34. The molecule has 0 saturated carbocycles. The van der Waals surface area contributed by atoms with E-state index in [2.05, 4.69) is 47.9 Å². The predicted molar refractivity (Wildman–Crippen MR) is 116 cm³/mol. The Hall–Kier alpha value is -1.53. The molecule has 2 bridgehead atoms. The number of carbonyl (C=O) groups excluding carboxylic acids is 1. The Bertz CT molecular complexity index is 669. The van der Waals surface area contributed by atoms with Crippen molar-refractivity contribution in [3.8, 4) is 0 Å². The van der Waals surface area contributed by atoms with E-state index in [-0.39, 0.29) is 0 Å². The average molecular weight is 400 g/mol. The van der Waals surface area contributed by atoms with E-state index in [0.29, 0.717) is 42.8 Å². The van der Waals surface area contributed by atoms with Crippen LogP contribution in [-0.4, -0.2) is 76.4 Å². The minimum atomic E-state index is 0.380. The molecule has 3 fully saturated rings. The van der Waals surface area contributed by atoms with E-state index in [1.54, 1.807) is 0 Å². The van der Waals surface area contributed by atoms with Gasteiger partial charge in [0.15, 0.2) is 0 Å². The van der Waals surface area contributed by atoms with Gasteiger partial charge in [-0.15, -0.1) is 0 Å². The van der Waals surface area contributed by atoms with Gasteiger partial charge in [0.2, 0.25) is 5.95 Å². The molecule has 3 aliphatic heterocycles. The van der Waals surface area contributed by atoms with E-state index in [9.17, 15) is 4.79 Å². The third-order valence-electron chi connectivity index (χ3n) is 7.12. The van der Waals surface area contributed by atoms with Crippen molar-refractivity contribution in [2.45, 2.75) is 83.3 Å². The van der Waals surface area contributed by atoms with Gasteiger partial charge in [-0.25, -0.2) is 9.97 Å². The third kappa shape index (κ3) is 4.64. The second kappa shape index (κ2) is 9.09. The molecule has 29 heavy (non-hydrogen) atoms. The number of ketones is 1. The highest BCUT2D eigenvalue weighted by molar-refractivity contribution is 5.80. The van der Waals surface area contributed by atoms with Crippen LogP contribution in [0, 0.1) is 0 Å². The van der Waals surface area contributed by atoms with Gasteiger partial charge in [0.05, 0.1) is 6.54 Å². The lowest BCUT2D eigenvalue weighted by atomic mass is 9.91. The second-order valence-corrected chi connectivity index (χ2v) is 9.50. The molecular weight excluding hydrogens is 362 g/mol. The maximum Gasteiger partial charge on any atom is 0.225 e. The first-order valence-electron chi connectivity index (χ1n) is 11.6. The molecule has 1 aromatic heterocycles. The first kappa shape index (κ1) is 20.7. The molecule has 0 aliphatic carbocycles. The van der Waals surface area contributed by atoms with Gasteiger partial charge >= 0.3 is 0 Å². The molecule has 4 heterocycles. The zero-order valence-corrected chi connectivity index (χ0v) is 18.4. The van der Waals surface area contributed by atoms with Crippen LogP contribution in [0.3, 0.4) is 0 Å². The maximum absolute atomic E-state index is 11.9. The van der Waals surface area contributed by atoms with Crippen molar-refractivity contribution in [3.05, 3.63) is 18.0 Å². The summed E-state index contributed by atoms with van der Waals surface area (Å²) in [6.07, 6.45) is 10.5. The van der Waals surface area contributed by atoms with E-state index in [1.165, 1.54) is 18.4 Å². The normalized spacial score (nSPS) is 26.4. The number of aromatic nitrogens is 2. The Balaban J connectivity index is 1.33. The number of fused-ring (bicyclic) bond motifs is 2. The average Bonchev–Trinajstić information content (AvgIpc) is 2.98. The Morgan fingerprint density at radius 1 is 1.07 bits per heavy atom. The van der Waals surface area contributed by atoms with Crippen LogP contribution in [0.4, 0.5) is 5.95 Å². The third-order valence-corrected chi connectivity index (χ3v) is 7.12. The van der Waals surface area contributed by atoms with Gasteiger partial charge in [0, 0.05) is 50.0 Å². The van der Waals surface area contributed by atoms with Gasteiger partial charge in [0.1, 0.15) is 5.78 Å². The molecule has 0 aromatic carbocycles. The number of Topliss-reactive ketones (excluding diaryl/α,β-unsaturated/α-hetero) is 1. The fourth-order valence-corrected chi connectivity index (χ4v) is 5.39. The SMILES string of the molecule is CCCC(=O)CN1CCC(c2cnc(N3C4CCC3CN(C(C)C)C4)nc2)CC1. The largest absolute Gasteiger partial charge is 0.332 e. The molecule has 3 aliphatic rings. The molecular formula is C23H37N5O. The minimum absolute atomic E-state index is 0.380. The lowest BCUT2D eigenvalue weighted by Crippen LogP contribution is -2.56. The van der Waals surface area contributed by atoms with Crippen LogP contribution in [-0.2, 0) is 4.79 Å². The molecule has 0 radical (unpaired) electrons. The van der Waals surface area contributed by atoms with Crippen LogP contribution in [0.15, 0.2) is 12.4 Å². The van der Waals surface area contributed by atoms with Crippen molar-refractivity contribution in [1.82, 2.24) is 19.8 Å². The quantitative estimate of drug-likeness (QED) is 0.702. The number of hydrogen-bond donors (Lipinski definition) is 0. The summed E-state index contributed by atoms with van der Waals surface area (Å²) in [7, 11) is 0. The van der Waals surface area contributed by atoms with Crippen molar-refractivity contribution in [2.24, 2.45) is 0 Å². The van der Waals surface area contributed by atoms with Crippen molar-refractivity contribution in [3.63, 3.8) is 0 Å². The molecule has 6 heteroatoms. The summed E-state index contributed by atoms with van der Waals surface area (Å²) >= 11 is 0. The van der Waals surface area contributed by atoms with Crippen molar-refractivity contribution < 1.29 is 4.79 Å². The smallest absolute Gasteiger partial charge is 0.225 e. The van der Waals surface area contributed by atoms with Crippen LogP contribution in [0.25, 0.3) is 0 Å². The molecule has 0 N–H and O–H groups in total. The monoisotopic (exact) mass is 399 g/mol. The summed E-state index contributed by atoms with van der Waals surface area (Å²) < 4.78 is 0. The summed E-state index contributed by atoms with van der Waals surface area (Å²) in [4.78, 5) is 28.9. The van der Waals surface area contributed by atoms with Crippen LogP contribution in [0.1, 0.15) is 70.8 Å². The summed E-state index contributed by atoms with van der Waals surface area (Å²) in [5.41, 5.74) is 1.27. The van der Waals surface area contributed by atoms with E-state index >= 15 is 0 Å². The van der Waals surface area contributed by atoms with Gasteiger partial charge in [-0.2, -0.15) is 0 Å². The Kier molecular flexibility index (Phi) is 6.50. The van der Waals surface area contributed by atoms with Gasteiger partial charge in [-0.3, -0.25) is 14.6 Å². The first-order valence-corrected chi connectivity index (χ1v) is 11.6. The lowest BCUT2D eigenvalue weighted by Gasteiger charge is -2.42. The number of piperidine rings is 1. The Labute approximate surface area is 175 Å². The number of piperazine rings is 1. The number of likely N-dealkylation sites (tertiary alicyclic amines) is 2. The molecule has 0 amide bonds. The summed E-state index contributed by atoms with van der Waals surface area (Å²) in [6.45, 7) is 11.6. The molecule has 3 saturated heterocycles. The minimum Gasteiger partial charge on any atom is -0.332 e. The summed E-state index contributed by atoms with van der Waals surface area (Å²) in [6, 6.07) is 1.74. The van der Waals surface area contributed by atoms with Crippen molar-refractivity contribution in [2.75, 3.05) is 37.6 Å². The predicted octanol–water partition coefficient (Wildman–Crippen LogP) is 3.09. The summed E-state index contributed by atoms with van der Waals surface area (Å²) in [5.74, 6) is 1.83. The van der Waals surface area contributed by atoms with Crippen LogP contribution in [0.5, 0.6) is 0 Å². The number of rotatable bonds is 7. The van der Waals surface area contributed by atoms with Gasteiger partial charge < -0.3 is 4.90 Å². The van der Waals surface area contributed by atoms with Crippen LogP contribution < -0.4 is 4.90 Å². The molecule has 2 unspecified atom stereocenters. The number of carbonyl (C=O) groups is 1. The molecule has 4 rings (SSSR count). The standard InChI is InChI=1S/C23H37N5O/c1-4-5-22(29)16-26-10-8-18(9-11-26)19-12-24-23(25-13-19)28-20-6-7-21(28)15-27(14-20)17(2)3/h12-13,17-18,20-21H,4-11,14-16H2,1-3H3. The molecule has 160 valence electrons. The van der Waals surface area contributed by atoms with Crippen LogP contribution >= 0.6 is 0 Å². The fraction of sp³-hybridized carbons (Fsp3) is 0.783. The molecule has 2 atom stereocenters. The number of anilines is 1. The second-order valence-electron chi connectivity index (χ2n) is 9.50. The van der Waals surface area contributed by atoms with E-state index < -0.39 is 0 Å². The maximum atomic E-state index is 11.9. The Morgan fingerprint density at radius 3 is 2.24 bits per heavy atom. The van der Waals surface area contributed by atoms with Gasteiger partial charge in [0.25, 0.3) is 0 Å². The van der Waals surface area contributed by atoms with E-state index in [4.69, 9.17) is 9.97 Å². The highest BCUT2D eigenvalue weighted by Gasteiger charge is 2.41. The lowest BCUT2D eigenvalue weighted by molar-refractivity contribution is -0.120. The van der Waals surface area contributed by atoms with Crippen LogP contribution in [0.2, 0.25) is 0 Å². The molecule has 1 aromatic rings. The van der Waals surface area contributed by atoms with Crippen molar-refractivity contribution >= 4 is 11.7 Å². The van der Waals surface area contributed by atoms with Gasteiger partial charge in [-0.05, 0) is 70.5 Å². The summed E-state index contributed by atoms with van der Waals surface area (Å²) in [5, 5.41) is 0. The fourth-order valence-electron chi connectivity index (χ4n) is 5.39. The Morgan fingerprint density at radius 2 is 1.69 bits per heavy atom. The number of nitrogens with zero attached hydrogens (tertiary/aromatic N) is 5. The molecule has 6 nitrogen and oxygen atoms in total. The highest BCUT2D eigenvalue weighted by atomic mass is 16.1. The zero-order valence-electron chi connectivity index (χ0n) is 18.4. The van der Waals surface area contributed by atoms with Gasteiger partial charge in [-0.1, -0.05) is 6.92 Å². The van der Waals surface area contributed by atoms with E-state index in [1.807, 2.05) is 0 Å². The molecule has 0 spiro atoms. The zero-order chi connectivity index (χ0) is 20.4. The topological polar surface area (TPSA) is 52.6 Å². The number of hydrogen-bond acceptors (Lipinski definition) is 6.